The Labute approximate surface area is 275 Å². The van der Waals surface area contributed by atoms with Crippen LogP contribution in [0.2, 0.25) is 0 Å². The molecule has 46 heavy (non-hydrogen) atoms. The number of nitrogens with two attached hydrogens (primary N) is 4. The molecule has 0 spiro atoms. The van der Waals surface area contributed by atoms with E-state index in [0.717, 1.165) is 87.9 Å². The van der Waals surface area contributed by atoms with Crippen LogP contribution >= 0.6 is 15.9 Å². The third-order valence-corrected chi connectivity index (χ3v) is 9.76. The molecule has 2 saturated carbocycles. The van der Waals surface area contributed by atoms with Crippen molar-refractivity contribution in [3.63, 3.8) is 0 Å². The van der Waals surface area contributed by atoms with Crippen LogP contribution in [0.15, 0.2) is 47.7 Å². The van der Waals surface area contributed by atoms with Gasteiger partial charge >= 0.3 is 0 Å². The van der Waals surface area contributed by atoms with Crippen LogP contribution in [0, 0.1) is 0 Å². The summed E-state index contributed by atoms with van der Waals surface area (Å²) >= 11 is 3.60. The van der Waals surface area contributed by atoms with E-state index in [2.05, 4.69) is 36.3 Å². The summed E-state index contributed by atoms with van der Waals surface area (Å²) < 4.78 is 7.70. The van der Waals surface area contributed by atoms with Gasteiger partial charge in [-0.05, 0) is 54.5 Å². The monoisotopic (exact) mass is 688 g/mol. The Morgan fingerprint density at radius 1 is 0.717 bits per heavy atom. The van der Waals surface area contributed by atoms with Gasteiger partial charge < -0.3 is 22.9 Å². The molecule has 14 nitrogen and oxygen atoms in total. The summed E-state index contributed by atoms with van der Waals surface area (Å²) in [6.45, 7) is 0. The van der Waals surface area contributed by atoms with Crippen molar-refractivity contribution < 1.29 is 0 Å². The first kappa shape index (κ1) is 31.6. The summed E-state index contributed by atoms with van der Waals surface area (Å²) in [6, 6.07) is 2.44. The van der Waals surface area contributed by atoms with E-state index in [0.29, 0.717) is 23.5 Å². The molecule has 15 heteroatoms. The number of anilines is 2. The minimum absolute atomic E-state index is 0. The number of nitrogens with zero attached hydrogens (tertiary/aromatic N) is 10. The number of hydrogen-bond donors (Lipinski definition) is 4. The third-order valence-electron chi connectivity index (χ3n) is 8.95. The molecule has 6 heterocycles. The predicted molar refractivity (Wildman–Crippen MR) is 183 cm³/mol. The lowest BCUT2D eigenvalue weighted by Gasteiger charge is -2.14. The fourth-order valence-electron chi connectivity index (χ4n) is 6.58. The fraction of sp³-hybridized carbons (Fsp3) is 0.419. The first-order valence-electron chi connectivity index (χ1n) is 15.1. The van der Waals surface area contributed by atoms with Crippen molar-refractivity contribution in [3.8, 4) is 22.3 Å². The number of aryl methyl sites for hydroxylation is 2. The lowest BCUT2D eigenvalue weighted by atomic mass is 10.0. The van der Waals surface area contributed by atoms with Gasteiger partial charge in [0.2, 0.25) is 0 Å². The molecule has 0 aliphatic heterocycles. The van der Waals surface area contributed by atoms with Gasteiger partial charge in [0.1, 0.15) is 11.6 Å². The average Bonchev–Trinajstić information content (AvgIpc) is 3.85. The topological polar surface area (TPSA) is 200 Å². The largest absolute Gasteiger partial charge is 0.384 e. The molecule has 0 amide bonds. The maximum Gasteiger partial charge on any atom is 0.165 e. The summed E-state index contributed by atoms with van der Waals surface area (Å²) in [6.07, 6.45) is 17.2. The Morgan fingerprint density at radius 3 is 1.78 bits per heavy atom. The molecule has 8 rings (SSSR count). The van der Waals surface area contributed by atoms with E-state index in [1.807, 2.05) is 44.9 Å². The third kappa shape index (κ3) is 5.74. The van der Waals surface area contributed by atoms with Gasteiger partial charge in [0.25, 0.3) is 0 Å². The van der Waals surface area contributed by atoms with Gasteiger partial charge in [0.15, 0.2) is 11.3 Å². The van der Waals surface area contributed by atoms with Gasteiger partial charge in [-0.1, -0.05) is 7.43 Å². The van der Waals surface area contributed by atoms with Gasteiger partial charge in [0, 0.05) is 84.4 Å². The van der Waals surface area contributed by atoms with Crippen LogP contribution < -0.4 is 22.9 Å². The molecule has 242 valence electrons. The number of halogens is 1. The molecule has 0 radical (unpaired) electrons. The zero-order chi connectivity index (χ0) is 31.4. The molecule has 2 aliphatic rings. The van der Waals surface area contributed by atoms with Crippen molar-refractivity contribution in [1.29, 1.82) is 0 Å². The van der Waals surface area contributed by atoms with Crippen LogP contribution in [0.25, 0.3) is 33.5 Å². The number of nitrogen functional groups attached to an aromatic ring is 2. The summed E-state index contributed by atoms with van der Waals surface area (Å²) in [5.41, 5.74) is 31.9. The van der Waals surface area contributed by atoms with E-state index >= 15 is 0 Å². The first-order chi connectivity index (χ1) is 21.7. The fourth-order valence-corrected chi connectivity index (χ4v) is 7.16. The highest BCUT2D eigenvalue weighted by Gasteiger charge is 2.29. The summed E-state index contributed by atoms with van der Waals surface area (Å²) in [5, 5.41) is 17.2. The van der Waals surface area contributed by atoms with E-state index in [-0.39, 0.29) is 19.5 Å². The lowest BCUT2D eigenvalue weighted by Crippen LogP contribution is -2.15. The maximum absolute atomic E-state index is 6.28. The number of rotatable bonds is 4. The van der Waals surface area contributed by atoms with E-state index in [9.17, 15) is 0 Å². The van der Waals surface area contributed by atoms with Crippen LogP contribution in [-0.2, 0) is 14.1 Å². The molecule has 2 fully saturated rings. The summed E-state index contributed by atoms with van der Waals surface area (Å²) in [7, 11) is 3.78. The van der Waals surface area contributed by atoms with Crippen molar-refractivity contribution in [3.05, 3.63) is 59.1 Å². The van der Waals surface area contributed by atoms with Crippen molar-refractivity contribution >= 4 is 38.9 Å². The Morgan fingerprint density at radius 2 is 1.26 bits per heavy atom. The molecule has 0 bridgehead atoms. The molecule has 6 aromatic rings. The van der Waals surface area contributed by atoms with Gasteiger partial charge in [0.05, 0.1) is 35.0 Å². The highest BCUT2D eigenvalue weighted by molar-refractivity contribution is 9.10. The van der Waals surface area contributed by atoms with Crippen molar-refractivity contribution in [2.75, 3.05) is 11.5 Å². The van der Waals surface area contributed by atoms with Gasteiger partial charge in [-0.2, -0.15) is 29.4 Å². The highest BCUT2D eigenvalue weighted by Crippen LogP contribution is 2.40. The zero-order valence-electron chi connectivity index (χ0n) is 25.3. The van der Waals surface area contributed by atoms with E-state index in [4.69, 9.17) is 32.9 Å². The van der Waals surface area contributed by atoms with Gasteiger partial charge in [-0.3, -0.25) is 9.36 Å². The Kier molecular flexibility index (Phi) is 8.56. The number of hydrogen-bond acceptors (Lipinski definition) is 10. The van der Waals surface area contributed by atoms with Gasteiger partial charge in [-0.15, -0.1) is 0 Å². The second-order valence-corrected chi connectivity index (χ2v) is 13.0. The van der Waals surface area contributed by atoms with Crippen LogP contribution in [0.3, 0.4) is 0 Å². The summed E-state index contributed by atoms with van der Waals surface area (Å²) in [5.74, 6) is 1.90. The lowest BCUT2D eigenvalue weighted by molar-refractivity contribution is 0.658. The molecule has 6 aromatic heterocycles. The van der Waals surface area contributed by atoms with Crippen molar-refractivity contribution in [2.24, 2.45) is 25.6 Å². The number of fused-ring (bicyclic) bond motifs is 2. The zero-order valence-corrected chi connectivity index (χ0v) is 26.8. The molecular weight excluding hydrogens is 648 g/mol. The SMILES string of the molecule is C.Cn1cc(-c2cnn3c(N)c(Br)c([C@@H]4CC[C@@H](N)C4)nc23)cn1.Cn1cc(-c2cnn3c(N)cc([C@@H]4CC[C@H](N)C4)nc23)cn1. The van der Waals surface area contributed by atoms with E-state index in [1.165, 1.54) is 0 Å². The minimum Gasteiger partial charge on any atom is -0.384 e. The highest BCUT2D eigenvalue weighted by atomic mass is 79.9. The van der Waals surface area contributed by atoms with Gasteiger partial charge in [-0.25, -0.2) is 9.97 Å². The standard InChI is InChI=1S/C15H18BrN7.C15H19N7.CH4/c1-22-7-9(5-19-22)11-6-20-23-14(18)12(16)13(21-15(11)23)8-2-3-10(17)4-8;1-21-8-10(6-18-21)12-7-19-22-14(17)5-13(20-15(12)22)9-2-3-11(16)4-9;/h5-8,10H,2-4,17-18H2,1H3;5-9,11H,2-4,16-17H2,1H3;1H4/t8-,10-;9-,11+;/m11./s1. The second kappa shape index (κ2) is 12.5. The minimum atomic E-state index is 0. The quantitative estimate of drug-likeness (QED) is 0.210. The Hall–Kier alpha value is -4.34. The molecule has 0 unspecified atom stereocenters. The Bertz CT molecular complexity index is 2000. The average molecular weight is 690 g/mol. The normalized spacial score (nSPS) is 21.1. The van der Waals surface area contributed by atoms with Crippen LogP contribution in [0.5, 0.6) is 0 Å². The van der Waals surface area contributed by atoms with Crippen LogP contribution in [-0.4, -0.2) is 60.8 Å². The Balaban J connectivity index is 0.000000158. The summed E-state index contributed by atoms with van der Waals surface area (Å²) in [4.78, 5) is 9.70. The number of aromatic nitrogens is 10. The van der Waals surface area contributed by atoms with Crippen molar-refractivity contribution in [1.82, 2.24) is 48.8 Å². The molecular formula is C31H41BrN14. The van der Waals surface area contributed by atoms with Crippen molar-refractivity contribution in [2.45, 2.75) is 69.9 Å². The molecule has 4 atom stereocenters. The molecule has 0 aromatic carbocycles. The molecule has 2 aliphatic carbocycles. The molecule has 0 saturated heterocycles. The maximum atomic E-state index is 6.28. The molecule has 8 N–H and O–H groups in total. The van der Waals surface area contributed by atoms with Crippen LogP contribution in [0.1, 0.15) is 69.2 Å². The second-order valence-electron chi connectivity index (χ2n) is 12.2. The smallest absolute Gasteiger partial charge is 0.165 e. The predicted octanol–water partition coefficient (Wildman–Crippen LogP) is 4.01. The van der Waals surface area contributed by atoms with E-state index in [1.54, 1.807) is 30.8 Å². The van der Waals surface area contributed by atoms with Crippen LogP contribution in [0.4, 0.5) is 11.6 Å². The van der Waals surface area contributed by atoms with E-state index < -0.39 is 0 Å². The first-order valence-corrected chi connectivity index (χ1v) is 15.9.